The number of carbonyl (C=O) groups is 3. The van der Waals surface area contributed by atoms with Crippen LogP contribution < -0.4 is 11.1 Å². The molecule has 144 valence electrons. The minimum atomic E-state index is -0.793. The van der Waals surface area contributed by atoms with Crippen LogP contribution in [0.4, 0.5) is 5.13 Å². The van der Waals surface area contributed by atoms with Crippen molar-refractivity contribution in [1.82, 2.24) is 15.2 Å². The normalized spacial score (nSPS) is 21.7. The molecule has 1 fully saturated rings. The van der Waals surface area contributed by atoms with Crippen LogP contribution in [0.2, 0.25) is 0 Å². The molecule has 3 N–H and O–H groups in total. The number of esters is 1. The Morgan fingerprint density at radius 3 is 2.93 bits per heavy atom. The van der Waals surface area contributed by atoms with Gasteiger partial charge < -0.3 is 20.6 Å². The minimum absolute atomic E-state index is 0.0846. The van der Waals surface area contributed by atoms with Crippen molar-refractivity contribution in [2.45, 2.75) is 18.3 Å². The SMILES string of the molecule is CCOC(=O)C1=CCS[C@@H]2C(NC(=O)/C(=N\OC)c3csc(N)n3)C(=O)N12. The second-order valence-corrected chi connectivity index (χ2v) is 7.43. The van der Waals surface area contributed by atoms with Crippen molar-refractivity contribution in [2.75, 3.05) is 25.2 Å². The number of anilines is 1. The summed E-state index contributed by atoms with van der Waals surface area (Å²) in [7, 11) is 1.30. The van der Waals surface area contributed by atoms with Gasteiger partial charge in [0.2, 0.25) is 0 Å². The summed E-state index contributed by atoms with van der Waals surface area (Å²) in [5, 5.41) is 7.78. The van der Waals surface area contributed by atoms with Crippen LogP contribution in [-0.2, 0) is 24.0 Å². The van der Waals surface area contributed by atoms with Crippen molar-refractivity contribution < 1.29 is 24.0 Å². The lowest BCUT2D eigenvalue weighted by molar-refractivity contribution is -0.152. The first-order valence-corrected chi connectivity index (χ1v) is 9.86. The van der Waals surface area contributed by atoms with Gasteiger partial charge in [0, 0.05) is 11.1 Å². The van der Waals surface area contributed by atoms with Crippen LogP contribution in [-0.4, -0.2) is 64.3 Å². The van der Waals surface area contributed by atoms with Gasteiger partial charge in [0.15, 0.2) is 10.8 Å². The van der Waals surface area contributed by atoms with E-state index in [2.05, 4.69) is 15.5 Å². The number of fused-ring (bicyclic) bond motifs is 1. The van der Waals surface area contributed by atoms with Crippen LogP contribution in [0.3, 0.4) is 0 Å². The van der Waals surface area contributed by atoms with E-state index in [1.54, 1.807) is 18.4 Å². The van der Waals surface area contributed by atoms with Gasteiger partial charge in [-0.2, -0.15) is 0 Å². The van der Waals surface area contributed by atoms with Gasteiger partial charge in [-0.15, -0.1) is 23.1 Å². The Morgan fingerprint density at radius 1 is 1.52 bits per heavy atom. The molecular formula is C15H17N5O5S2. The number of aromatic nitrogens is 1. The summed E-state index contributed by atoms with van der Waals surface area (Å²) < 4.78 is 4.98. The molecule has 0 spiro atoms. The summed E-state index contributed by atoms with van der Waals surface area (Å²) in [5.41, 5.74) is 5.97. The van der Waals surface area contributed by atoms with E-state index in [1.165, 1.54) is 23.8 Å². The van der Waals surface area contributed by atoms with Crippen LogP contribution >= 0.6 is 23.1 Å². The van der Waals surface area contributed by atoms with Crippen LogP contribution in [0, 0.1) is 0 Å². The van der Waals surface area contributed by atoms with E-state index in [0.29, 0.717) is 5.75 Å². The Hall–Kier alpha value is -2.60. The first-order valence-electron chi connectivity index (χ1n) is 7.93. The van der Waals surface area contributed by atoms with E-state index >= 15 is 0 Å². The number of nitrogens with one attached hydrogen (secondary N) is 1. The monoisotopic (exact) mass is 411 g/mol. The Bertz CT molecular complexity index is 836. The number of nitrogens with zero attached hydrogens (tertiary/aromatic N) is 3. The number of carbonyl (C=O) groups excluding carboxylic acids is 3. The molecule has 1 aromatic rings. The summed E-state index contributed by atoms with van der Waals surface area (Å²) in [5.74, 6) is -1.04. The average Bonchev–Trinajstić information content (AvgIpc) is 3.09. The summed E-state index contributed by atoms with van der Waals surface area (Å²) in [6, 6.07) is -0.793. The molecule has 1 aromatic heterocycles. The number of thiazole rings is 1. The van der Waals surface area contributed by atoms with Crippen molar-refractivity contribution in [2.24, 2.45) is 5.16 Å². The number of nitrogens with two attached hydrogens (primary N) is 1. The highest BCUT2D eigenvalue weighted by molar-refractivity contribution is 8.00. The second kappa shape index (κ2) is 7.96. The number of oxime groups is 1. The highest BCUT2D eigenvalue weighted by atomic mass is 32.2. The lowest BCUT2D eigenvalue weighted by Gasteiger charge is -2.48. The van der Waals surface area contributed by atoms with Gasteiger partial charge >= 0.3 is 5.97 Å². The Labute approximate surface area is 162 Å². The van der Waals surface area contributed by atoms with Crippen molar-refractivity contribution >= 4 is 51.7 Å². The van der Waals surface area contributed by atoms with Crippen LogP contribution in [0.1, 0.15) is 12.6 Å². The Morgan fingerprint density at radius 2 is 2.30 bits per heavy atom. The van der Waals surface area contributed by atoms with Crippen LogP contribution in [0.15, 0.2) is 22.3 Å². The number of hydrogen-bond donors (Lipinski definition) is 2. The van der Waals surface area contributed by atoms with Crippen molar-refractivity contribution in [3.8, 4) is 0 Å². The highest BCUT2D eigenvalue weighted by Crippen LogP contribution is 2.37. The number of ether oxygens (including phenoxy) is 1. The van der Waals surface area contributed by atoms with Crippen molar-refractivity contribution in [3.63, 3.8) is 0 Å². The van der Waals surface area contributed by atoms with Gasteiger partial charge in [-0.1, -0.05) is 5.16 Å². The molecule has 10 nitrogen and oxygen atoms in total. The molecule has 2 atom stereocenters. The summed E-state index contributed by atoms with van der Waals surface area (Å²) in [6.07, 6.45) is 1.64. The molecule has 3 heterocycles. The Kier molecular flexibility index (Phi) is 5.65. The quantitative estimate of drug-likeness (QED) is 0.287. The Balaban J connectivity index is 1.73. The molecule has 27 heavy (non-hydrogen) atoms. The molecule has 2 aliphatic rings. The predicted molar refractivity (Wildman–Crippen MR) is 99.8 cm³/mol. The smallest absolute Gasteiger partial charge is 0.354 e. The average molecular weight is 411 g/mol. The number of amides is 2. The zero-order valence-corrected chi connectivity index (χ0v) is 16.1. The highest BCUT2D eigenvalue weighted by Gasteiger charge is 2.53. The lowest BCUT2D eigenvalue weighted by atomic mass is 10.0. The third-order valence-electron chi connectivity index (χ3n) is 3.78. The minimum Gasteiger partial charge on any atom is -0.461 e. The van der Waals surface area contributed by atoms with E-state index in [-0.39, 0.29) is 28.8 Å². The van der Waals surface area contributed by atoms with E-state index in [9.17, 15) is 14.4 Å². The van der Waals surface area contributed by atoms with Gasteiger partial charge in [0.1, 0.15) is 29.9 Å². The summed E-state index contributed by atoms with van der Waals surface area (Å²) in [6.45, 7) is 1.90. The molecule has 1 saturated heterocycles. The van der Waals surface area contributed by atoms with Crippen LogP contribution in [0.5, 0.6) is 0 Å². The molecule has 3 rings (SSSR count). The maximum absolute atomic E-state index is 12.6. The first-order chi connectivity index (χ1) is 13.0. The molecule has 12 heteroatoms. The first kappa shape index (κ1) is 19.2. The van der Waals surface area contributed by atoms with E-state index in [1.807, 2.05) is 0 Å². The van der Waals surface area contributed by atoms with E-state index in [4.69, 9.17) is 15.3 Å². The number of rotatable bonds is 6. The molecule has 2 amide bonds. The maximum Gasteiger partial charge on any atom is 0.354 e. The summed E-state index contributed by atoms with van der Waals surface area (Å²) in [4.78, 5) is 47.2. The topological polar surface area (TPSA) is 136 Å². The number of hydrogen-bond acceptors (Lipinski definition) is 10. The number of thioether (sulfide) groups is 1. The second-order valence-electron chi connectivity index (χ2n) is 5.39. The number of β-lactam (4-membered cyclic amide) rings is 1. The van der Waals surface area contributed by atoms with E-state index in [0.717, 1.165) is 11.3 Å². The molecule has 0 aliphatic carbocycles. The zero-order chi connectivity index (χ0) is 19.6. The molecule has 0 saturated carbocycles. The molecular weight excluding hydrogens is 394 g/mol. The van der Waals surface area contributed by atoms with E-state index < -0.39 is 29.2 Å². The summed E-state index contributed by atoms with van der Waals surface area (Å²) >= 11 is 2.59. The molecule has 0 aromatic carbocycles. The number of nitrogen functional groups attached to an aromatic ring is 1. The molecule has 1 unspecified atom stereocenters. The maximum atomic E-state index is 12.6. The fourth-order valence-electron chi connectivity index (χ4n) is 2.64. The van der Waals surface area contributed by atoms with Crippen LogP contribution in [0.25, 0.3) is 0 Å². The standard InChI is InChI=1S/C15H17N5O5S2/c1-3-25-14(23)8-4-5-26-13-10(12(22)20(8)13)18-11(21)9(19-24-2)7-6-27-15(16)17-7/h4,6,10,13H,3,5H2,1-2H3,(H2,16,17)(H,18,21)/b19-9-/t10?,13-/m1/s1. The fraction of sp³-hybridized carbons (Fsp3) is 0.400. The third-order valence-corrected chi connectivity index (χ3v) is 5.64. The molecule has 0 radical (unpaired) electrons. The molecule has 0 bridgehead atoms. The third kappa shape index (κ3) is 3.62. The van der Waals surface area contributed by atoms with Gasteiger partial charge in [-0.3, -0.25) is 14.5 Å². The van der Waals surface area contributed by atoms with Crippen molar-refractivity contribution in [1.29, 1.82) is 0 Å². The lowest BCUT2D eigenvalue weighted by Crippen LogP contribution is -2.70. The van der Waals surface area contributed by atoms with Gasteiger partial charge in [-0.25, -0.2) is 9.78 Å². The van der Waals surface area contributed by atoms with Crippen molar-refractivity contribution in [3.05, 3.63) is 22.8 Å². The van der Waals surface area contributed by atoms with Gasteiger partial charge in [-0.05, 0) is 13.0 Å². The predicted octanol–water partition coefficient (Wildman–Crippen LogP) is -0.0773. The zero-order valence-electron chi connectivity index (χ0n) is 14.5. The largest absolute Gasteiger partial charge is 0.461 e. The van der Waals surface area contributed by atoms with Gasteiger partial charge in [0.05, 0.1) is 6.61 Å². The molecule has 2 aliphatic heterocycles. The van der Waals surface area contributed by atoms with Gasteiger partial charge in [0.25, 0.3) is 11.8 Å². The fourth-order valence-corrected chi connectivity index (χ4v) is 4.38.